The van der Waals surface area contributed by atoms with Crippen LogP contribution < -0.4 is 4.90 Å². The van der Waals surface area contributed by atoms with Gasteiger partial charge >= 0.3 is 0 Å². The molecule has 1 atom stereocenters. The van der Waals surface area contributed by atoms with Crippen LogP contribution in [0.1, 0.15) is 29.1 Å². The summed E-state index contributed by atoms with van der Waals surface area (Å²) < 4.78 is 0. The zero-order valence-corrected chi connectivity index (χ0v) is 12.2. The largest absolute Gasteiger partial charge is 0.390 e. The molecule has 0 saturated heterocycles. The van der Waals surface area contributed by atoms with E-state index in [1.165, 1.54) is 10.4 Å². The summed E-state index contributed by atoms with van der Waals surface area (Å²) in [6.07, 6.45) is 1.05. The first-order valence-electron chi connectivity index (χ1n) is 6.30. The smallest absolute Gasteiger partial charge is 0.129 e. The molecule has 19 heavy (non-hydrogen) atoms. The van der Waals surface area contributed by atoms with Crippen molar-refractivity contribution in [1.29, 1.82) is 0 Å². The van der Waals surface area contributed by atoms with E-state index >= 15 is 0 Å². The molecule has 0 amide bonds. The van der Waals surface area contributed by atoms with Gasteiger partial charge in [-0.05, 0) is 42.5 Å². The zero-order chi connectivity index (χ0) is 13.4. The van der Waals surface area contributed by atoms with Gasteiger partial charge < -0.3 is 10.0 Å². The Labute approximate surface area is 121 Å². The fourth-order valence-corrected chi connectivity index (χ4v) is 3.69. The third-order valence-electron chi connectivity index (χ3n) is 3.63. The van der Waals surface area contributed by atoms with Gasteiger partial charge in [0.25, 0.3) is 0 Å². The van der Waals surface area contributed by atoms with Crippen LogP contribution in [0.15, 0.2) is 23.6 Å². The molecule has 0 saturated carbocycles. The third-order valence-corrected chi connectivity index (χ3v) is 4.97. The molecule has 1 unspecified atom stereocenters. The number of aliphatic hydroxyl groups is 1. The van der Waals surface area contributed by atoms with E-state index in [1.54, 1.807) is 0 Å². The molecule has 0 aromatic carbocycles. The molecule has 0 radical (unpaired) electrons. The van der Waals surface area contributed by atoms with Crippen molar-refractivity contribution in [2.45, 2.75) is 26.0 Å². The Morgan fingerprint density at radius 3 is 3.11 bits per heavy atom. The van der Waals surface area contributed by atoms with E-state index in [9.17, 15) is 5.11 Å². The van der Waals surface area contributed by atoms with Crippen molar-refractivity contribution in [2.24, 2.45) is 0 Å². The molecule has 0 aliphatic carbocycles. The zero-order valence-electron chi connectivity index (χ0n) is 10.6. The third kappa shape index (κ3) is 2.24. The molecule has 0 bridgehead atoms. The minimum atomic E-state index is -0.126. The molecule has 0 fully saturated rings. The Balaban J connectivity index is 1.95. The highest BCUT2D eigenvalue weighted by atomic mass is 35.5. The highest BCUT2D eigenvalue weighted by molar-refractivity contribution is 7.10. The number of thiophene rings is 1. The van der Waals surface area contributed by atoms with E-state index in [-0.39, 0.29) is 6.61 Å². The Morgan fingerprint density at radius 2 is 2.32 bits per heavy atom. The van der Waals surface area contributed by atoms with E-state index in [0.29, 0.717) is 16.8 Å². The maximum Gasteiger partial charge on any atom is 0.129 e. The van der Waals surface area contributed by atoms with Gasteiger partial charge in [-0.2, -0.15) is 0 Å². The monoisotopic (exact) mass is 294 g/mol. The van der Waals surface area contributed by atoms with Gasteiger partial charge in [0.15, 0.2) is 0 Å². The molecule has 1 aliphatic rings. The van der Waals surface area contributed by atoms with Gasteiger partial charge in [0.2, 0.25) is 0 Å². The molecule has 3 rings (SSSR count). The summed E-state index contributed by atoms with van der Waals surface area (Å²) in [4.78, 5) is 8.21. The summed E-state index contributed by atoms with van der Waals surface area (Å²) in [7, 11) is 0. The first kappa shape index (κ1) is 12.9. The van der Waals surface area contributed by atoms with Crippen molar-refractivity contribution in [3.05, 3.63) is 44.7 Å². The van der Waals surface area contributed by atoms with Gasteiger partial charge in [0, 0.05) is 11.4 Å². The van der Waals surface area contributed by atoms with Gasteiger partial charge in [0.1, 0.15) is 5.82 Å². The predicted molar refractivity (Wildman–Crippen MR) is 79.0 cm³/mol. The maximum absolute atomic E-state index is 9.27. The standard InChI is InChI=1S/C14H15ClN2OS/c1-9-10-5-7-19-13(10)4-6-17(9)14-3-2-11(15)12(8-18)16-14/h2-3,5,7,9,18H,4,6,8H2,1H3. The van der Waals surface area contributed by atoms with Crippen molar-refractivity contribution in [2.75, 3.05) is 11.4 Å². The number of pyridine rings is 1. The number of aromatic nitrogens is 1. The van der Waals surface area contributed by atoms with Gasteiger partial charge in [-0.25, -0.2) is 4.98 Å². The van der Waals surface area contributed by atoms with Crippen LogP contribution in [0.2, 0.25) is 5.02 Å². The van der Waals surface area contributed by atoms with Crippen molar-refractivity contribution < 1.29 is 5.11 Å². The average Bonchev–Trinajstić information content (AvgIpc) is 2.89. The molecule has 3 heterocycles. The Bertz CT molecular complexity index is 599. The summed E-state index contributed by atoms with van der Waals surface area (Å²) in [5.74, 6) is 0.887. The number of rotatable bonds is 2. The quantitative estimate of drug-likeness (QED) is 0.922. The van der Waals surface area contributed by atoms with Gasteiger partial charge in [-0.3, -0.25) is 0 Å². The topological polar surface area (TPSA) is 36.4 Å². The van der Waals surface area contributed by atoms with Crippen LogP contribution in [0.5, 0.6) is 0 Å². The fraction of sp³-hybridized carbons (Fsp3) is 0.357. The molecule has 1 aliphatic heterocycles. The lowest BCUT2D eigenvalue weighted by Crippen LogP contribution is -2.33. The lowest BCUT2D eigenvalue weighted by Gasteiger charge is -2.34. The molecule has 100 valence electrons. The second-order valence-electron chi connectivity index (χ2n) is 4.67. The Hall–Kier alpha value is -1.10. The number of aliphatic hydroxyl groups excluding tert-OH is 1. The lowest BCUT2D eigenvalue weighted by molar-refractivity contribution is 0.277. The second kappa shape index (κ2) is 5.12. The predicted octanol–water partition coefficient (Wildman–Crippen LogP) is 3.41. The minimum absolute atomic E-state index is 0.126. The first-order valence-corrected chi connectivity index (χ1v) is 7.55. The van der Waals surface area contributed by atoms with Crippen LogP contribution in [-0.2, 0) is 13.0 Å². The summed E-state index contributed by atoms with van der Waals surface area (Å²) in [5.41, 5.74) is 1.93. The molecule has 1 N–H and O–H groups in total. The number of anilines is 1. The van der Waals surface area contributed by atoms with E-state index in [4.69, 9.17) is 11.6 Å². The SMILES string of the molecule is CC1c2ccsc2CCN1c1ccc(Cl)c(CO)n1. The Morgan fingerprint density at radius 1 is 1.47 bits per heavy atom. The van der Waals surface area contributed by atoms with E-state index < -0.39 is 0 Å². The van der Waals surface area contributed by atoms with E-state index in [2.05, 4.69) is 28.3 Å². The van der Waals surface area contributed by atoms with Gasteiger partial charge in [0.05, 0.1) is 23.4 Å². The molecule has 2 aromatic rings. The van der Waals surface area contributed by atoms with Crippen LogP contribution in [0, 0.1) is 0 Å². The molecule has 0 spiro atoms. The van der Waals surface area contributed by atoms with Crippen LogP contribution in [0.4, 0.5) is 5.82 Å². The van der Waals surface area contributed by atoms with Crippen LogP contribution in [-0.4, -0.2) is 16.6 Å². The van der Waals surface area contributed by atoms with Gasteiger partial charge in [-0.1, -0.05) is 11.6 Å². The molecular weight excluding hydrogens is 280 g/mol. The molecular formula is C14H15ClN2OS. The fourth-order valence-electron chi connectivity index (χ4n) is 2.57. The Kier molecular flexibility index (Phi) is 3.48. The number of halogens is 1. The number of nitrogens with zero attached hydrogens (tertiary/aromatic N) is 2. The van der Waals surface area contributed by atoms with Crippen molar-refractivity contribution in [3.8, 4) is 0 Å². The van der Waals surface area contributed by atoms with E-state index in [1.807, 2.05) is 23.5 Å². The summed E-state index contributed by atoms with van der Waals surface area (Å²) in [5, 5.41) is 11.9. The number of fused-ring (bicyclic) bond motifs is 1. The maximum atomic E-state index is 9.27. The van der Waals surface area contributed by atoms with Crippen LogP contribution in [0.25, 0.3) is 0 Å². The van der Waals surface area contributed by atoms with Crippen LogP contribution >= 0.6 is 22.9 Å². The average molecular weight is 295 g/mol. The van der Waals surface area contributed by atoms with Crippen LogP contribution in [0.3, 0.4) is 0 Å². The minimum Gasteiger partial charge on any atom is -0.390 e. The normalized spacial score (nSPS) is 18.5. The molecule has 3 nitrogen and oxygen atoms in total. The number of hydrogen-bond acceptors (Lipinski definition) is 4. The molecule has 5 heteroatoms. The van der Waals surface area contributed by atoms with Crippen molar-refractivity contribution in [1.82, 2.24) is 4.98 Å². The number of hydrogen-bond donors (Lipinski definition) is 1. The summed E-state index contributed by atoms with van der Waals surface area (Å²) in [6, 6.07) is 6.25. The first-order chi connectivity index (χ1) is 9.20. The van der Waals surface area contributed by atoms with E-state index in [0.717, 1.165) is 18.8 Å². The highest BCUT2D eigenvalue weighted by Crippen LogP contribution is 2.35. The van der Waals surface area contributed by atoms with Crippen molar-refractivity contribution >= 4 is 28.8 Å². The van der Waals surface area contributed by atoms with Gasteiger partial charge in [-0.15, -0.1) is 11.3 Å². The summed E-state index contributed by atoms with van der Waals surface area (Å²) >= 11 is 7.82. The van der Waals surface area contributed by atoms with Crippen molar-refractivity contribution in [3.63, 3.8) is 0 Å². The second-order valence-corrected chi connectivity index (χ2v) is 6.08. The molecule has 2 aromatic heterocycles. The highest BCUT2D eigenvalue weighted by Gasteiger charge is 2.25. The lowest BCUT2D eigenvalue weighted by atomic mass is 10.0. The summed E-state index contributed by atoms with van der Waals surface area (Å²) in [6.45, 7) is 3.02.